The molecule has 1 aromatic carbocycles. The first-order valence-corrected chi connectivity index (χ1v) is 4.75. The maximum absolute atomic E-state index is 8.74. The topological polar surface area (TPSA) is 101 Å². The molecule has 0 radical (unpaired) electrons. The second-order valence-electron chi connectivity index (χ2n) is 2.18. The minimum Gasteiger partial charge on any atom is -0.398 e. The van der Waals surface area contributed by atoms with E-state index in [1.807, 2.05) is 18.2 Å². The number of hydrogen-bond acceptors (Lipinski definition) is 3. The van der Waals surface area contributed by atoms with Crippen LogP contribution in [0.4, 0.5) is 5.69 Å². The molecule has 0 amide bonds. The molecule has 0 bridgehead atoms. The number of hydrogen-bond donors (Lipinski definition) is 3. The summed E-state index contributed by atoms with van der Waals surface area (Å²) < 4.78 is 31.6. The van der Waals surface area contributed by atoms with E-state index >= 15 is 0 Å². The van der Waals surface area contributed by atoms with Gasteiger partial charge in [0.25, 0.3) is 0 Å². The zero-order valence-corrected chi connectivity index (χ0v) is 7.90. The lowest BCUT2D eigenvalue weighted by atomic mass is 10.2. The SMILES string of the molecule is C#Cc1ccccc1N.O=S(=O)(O)O. The summed E-state index contributed by atoms with van der Waals surface area (Å²) in [5.41, 5.74) is 6.92. The van der Waals surface area contributed by atoms with Crippen LogP contribution in [0.3, 0.4) is 0 Å². The Balaban J connectivity index is 0.000000292. The first kappa shape index (κ1) is 12.4. The number of nitrogen functional groups attached to an aromatic ring is 1. The quantitative estimate of drug-likeness (QED) is 0.334. The third kappa shape index (κ3) is 7.12. The Morgan fingerprint density at radius 2 is 1.71 bits per heavy atom. The Labute approximate surface area is 82.1 Å². The van der Waals surface area contributed by atoms with Gasteiger partial charge in [-0.25, -0.2) is 0 Å². The lowest BCUT2D eigenvalue weighted by Crippen LogP contribution is -1.89. The van der Waals surface area contributed by atoms with Crippen LogP contribution in [-0.2, 0) is 10.4 Å². The molecule has 0 saturated carbocycles. The molecule has 1 rings (SSSR count). The standard InChI is InChI=1S/C8H7N.H2O4S/c1-2-7-5-3-4-6-8(7)9;1-5(2,3)4/h1,3-6H,9H2;(H2,1,2,3,4). The van der Waals surface area contributed by atoms with Crippen molar-refractivity contribution < 1.29 is 17.5 Å². The van der Waals surface area contributed by atoms with Crippen molar-refractivity contribution in [2.24, 2.45) is 0 Å². The van der Waals surface area contributed by atoms with Crippen LogP contribution in [0, 0.1) is 12.3 Å². The van der Waals surface area contributed by atoms with Crippen LogP contribution in [-0.4, -0.2) is 17.5 Å². The smallest absolute Gasteiger partial charge is 0.394 e. The van der Waals surface area contributed by atoms with Gasteiger partial charge in [-0.15, -0.1) is 6.42 Å². The second-order valence-corrected chi connectivity index (χ2v) is 3.08. The maximum atomic E-state index is 8.74. The highest BCUT2D eigenvalue weighted by atomic mass is 32.3. The third-order valence-corrected chi connectivity index (χ3v) is 1.12. The van der Waals surface area contributed by atoms with Gasteiger partial charge in [-0.2, -0.15) is 8.42 Å². The number of terminal acetylenes is 1. The highest BCUT2D eigenvalue weighted by Gasteiger charge is 1.88. The van der Waals surface area contributed by atoms with Crippen LogP contribution in [0.2, 0.25) is 0 Å². The van der Waals surface area contributed by atoms with Gasteiger partial charge in [0.2, 0.25) is 0 Å². The van der Waals surface area contributed by atoms with Gasteiger partial charge in [0.05, 0.1) is 0 Å². The fraction of sp³-hybridized carbons (Fsp3) is 0. The molecule has 76 valence electrons. The Kier molecular flexibility index (Phi) is 4.66. The molecular weight excluding hydrogens is 206 g/mol. The minimum absolute atomic E-state index is 0.667. The minimum atomic E-state index is -4.67. The average Bonchev–Trinajstić information content (AvgIpc) is 2.02. The molecule has 0 aromatic heterocycles. The molecule has 0 heterocycles. The first-order chi connectivity index (χ1) is 6.34. The Morgan fingerprint density at radius 3 is 2.00 bits per heavy atom. The van der Waals surface area contributed by atoms with Gasteiger partial charge in [-0.1, -0.05) is 18.1 Å². The lowest BCUT2D eigenvalue weighted by Gasteiger charge is -1.93. The predicted molar refractivity (Wildman–Crippen MR) is 53.0 cm³/mol. The molecule has 1 aromatic rings. The summed E-state index contributed by atoms with van der Waals surface area (Å²) >= 11 is 0. The van der Waals surface area contributed by atoms with Crippen LogP contribution < -0.4 is 5.73 Å². The van der Waals surface area contributed by atoms with E-state index in [4.69, 9.17) is 29.7 Å². The summed E-state index contributed by atoms with van der Waals surface area (Å²) in [4.78, 5) is 0. The second kappa shape index (κ2) is 5.24. The Morgan fingerprint density at radius 1 is 1.29 bits per heavy atom. The average molecular weight is 215 g/mol. The van der Waals surface area contributed by atoms with Gasteiger partial charge in [0.15, 0.2) is 0 Å². The van der Waals surface area contributed by atoms with Gasteiger partial charge >= 0.3 is 10.4 Å². The van der Waals surface area contributed by atoms with Gasteiger partial charge in [0.1, 0.15) is 0 Å². The van der Waals surface area contributed by atoms with E-state index in [1.54, 1.807) is 6.07 Å². The summed E-state index contributed by atoms with van der Waals surface area (Å²) in [6.07, 6.45) is 5.12. The molecule has 0 unspecified atom stereocenters. The van der Waals surface area contributed by atoms with E-state index in [-0.39, 0.29) is 0 Å². The van der Waals surface area contributed by atoms with E-state index in [1.165, 1.54) is 0 Å². The van der Waals surface area contributed by atoms with Gasteiger partial charge in [-0.05, 0) is 12.1 Å². The zero-order chi connectivity index (χ0) is 11.2. The van der Waals surface area contributed by atoms with Crippen LogP contribution in [0.25, 0.3) is 0 Å². The Bertz CT molecular complexity index is 425. The zero-order valence-electron chi connectivity index (χ0n) is 7.08. The summed E-state index contributed by atoms with van der Waals surface area (Å²) in [6, 6.07) is 7.33. The molecule has 0 spiro atoms. The van der Waals surface area contributed by atoms with Crippen molar-refractivity contribution in [3.05, 3.63) is 29.8 Å². The number of benzene rings is 1. The van der Waals surface area contributed by atoms with E-state index in [2.05, 4.69) is 5.92 Å². The Hall–Kier alpha value is -1.55. The number of para-hydroxylation sites is 1. The van der Waals surface area contributed by atoms with Crippen LogP contribution in [0.1, 0.15) is 5.56 Å². The van der Waals surface area contributed by atoms with Crippen LogP contribution >= 0.6 is 0 Å². The number of anilines is 1. The van der Waals surface area contributed by atoms with Crippen molar-refractivity contribution in [3.63, 3.8) is 0 Å². The molecule has 14 heavy (non-hydrogen) atoms. The molecule has 5 nitrogen and oxygen atoms in total. The molecule has 0 saturated heterocycles. The predicted octanol–water partition coefficient (Wildman–Crippen LogP) is 0.597. The molecule has 6 heteroatoms. The highest BCUT2D eigenvalue weighted by molar-refractivity contribution is 7.79. The fourth-order valence-corrected chi connectivity index (χ4v) is 0.628. The van der Waals surface area contributed by atoms with Crippen molar-refractivity contribution in [1.29, 1.82) is 0 Å². The van der Waals surface area contributed by atoms with Gasteiger partial charge < -0.3 is 5.73 Å². The normalized spacial score (nSPS) is 9.50. The molecular formula is C8H9NO4S. The van der Waals surface area contributed by atoms with Crippen molar-refractivity contribution in [3.8, 4) is 12.3 Å². The van der Waals surface area contributed by atoms with Crippen LogP contribution in [0.5, 0.6) is 0 Å². The van der Waals surface area contributed by atoms with E-state index < -0.39 is 10.4 Å². The highest BCUT2D eigenvalue weighted by Crippen LogP contribution is 2.06. The van der Waals surface area contributed by atoms with Crippen molar-refractivity contribution in [2.45, 2.75) is 0 Å². The molecule has 0 aliphatic heterocycles. The largest absolute Gasteiger partial charge is 0.398 e. The first-order valence-electron chi connectivity index (χ1n) is 3.35. The number of nitrogens with two attached hydrogens (primary N) is 1. The summed E-state index contributed by atoms with van der Waals surface area (Å²) in [6.45, 7) is 0. The van der Waals surface area contributed by atoms with Crippen molar-refractivity contribution in [1.82, 2.24) is 0 Å². The van der Waals surface area contributed by atoms with Gasteiger partial charge in [-0.3, -0.25) is 9.11 Å². The fourth-order valence-electron chi connectivity index (χ4n) is 0.628. The molecule has 0 atom stereocenters. The number of rotatable bonds is 0. The molecule has 4 N–H and O–H groups in total. The third-order valence-electron chi connectivity index (χ3n) is 1.12. The monoisotopic (exact) mass is 215 g/mol. The maximum Gasteiger partial charge on any atom is 0.394 e. The van der Waals surface area contributed by atoms with Gasteiger partial charge in [0, 0.05) is 11.3 Å². The molecule has 0 fully saturated rings. The lowest BCUT2D eigenvalue weighted by molar-refractivity contribution is 0.381. The summed E-state index contributed by atoms with van der Waals surface area (Å²) in [7, 11) is -4.67. The van der Waals surface area contributed by atoms with Crippen molar-refractivity contribution in [2.75, 3.05) is 5.73 Å². The molecule has 0 aliphatic rings. The molecule has 0 aliphatic carbocycles. The van der Waals surface area contributed by atoms with E-state index in [0.717, 1.165) is 5.56 Å². The van der Waals surface area contributed by atoms with Crippen LogP contribution in [0.15, 0.2) is 24.3 Å². The van der Waals surface area contributed by atoms with E-state index in [9.17, 15) is 0 Å². The summed E-state index contributed by atoms with van der Waals surface area (Å²) in [5.74, 6) is 2.47. The summed E-state index contributed by atoms with van der Waals surface area (Å²) in [5, 5.41) is 0. The van der Waals surface area contributed by atoms with E-state index in [0.29, 0.717) is 5.69 Å². The van der Waals surface area contributed by atoms with Crippen molar-refractivity contribution >= 4 is 16.1 Å².